The summed E-state index contributed by atoms with van der Waals surface area (Å²) in [5.74, 6) is 2.68. The molecule has 0 radical (unpaired) electrons. The second kappa shape index (κ2) is 11.1. The minimum atomic E-state index is -0.181. The van der Waals surface area contributed by atoms with Gasteiger partial charge in [-0.3, -0.25) is 9.78 Å². The van der Waals surface area contributed by atoms with E-state index in [1.165, 1.54) is 11.8 Å². The van der Waals surface area contributed by atoms with Crippen molar-refractivity contribution in [3.8, 4) is 34.5 Å². The molecule has 10 heteroatoms. The zero-order valence-corrected chi connectivity index (χ0v) is 22.0. The number of carbonyl (C=O) groups is 1. The molecule has 1 aliphatic heterocycles. The second-order valence-electron chi connectivity index (χ2n) is 8.52. The van der Waals surface area contributed by atoms with Crippen LogP contribution in [0.2, 0.25) is 0 Å². The van der Waals surface area contributed by atoms with Crippen LogP contribution in [-0.4, -0.2) is 45.9 Å². The van der Waals surface area contributed by atoms with Gasteiger partial charge in [-0.2, -0.15) is 4.98 Å². The van der Waals surface area contributed by atoms with E-state index in [0.29, 0.717) is 62.9 Å². The molecule has 5 rings (SSSR count). The van der Waals surface area contributed by atoms with E-state index in [4.69, 9.17) is 24.2 Å². The first-order valence-electron chi connectivity index (χ1n) is 11.9. The average molecular weight is 531 g/mol. The fraction of sp³-hybridized carbons (Fsp3) is 0.214. The number of para-hydroxylation sites is 1. The number of rotatable bonds is 8. The van der Waals surface area contributed by atoms with Crippen LogP contribution in [0, 0.1) is 6.92 Å². The maximum absolute atomic E-state index is 12.8. The number of aryl methyl sites for hydroxylation is 1. The Morgan fingerprint density at radius 3 is 2.61 bits per heavy atom. The SMILES string of the molecule is COc1ccc(NC(=O)CSc2nc(-c3ccccc3OC)nc3c2Cc2c(CO)cnc(C)c2O3)cc1. The zero-order chi connectivity index (χ0) is 26.6. The van der Waals surface area contributed by atoms with Crippen molar-refractivity contribution in [1.82, 2.24) is 15.0 Å². The van der Waals surface area contributed by atoms with Gasteiger partial charge in [-0.1, -0.05) is 23.9 Å². The molecule has 0 aliphatic carbocycles. The molecule has 0 unspecified atom stereocenters. The molecule has 0 atom stereocenters. The van der Waals surface area contributed by atoms with Crippen molar-refractivity contribution in [3.63, 3.8) is 0 Å². The van der Waals surface area contributed by atoms with Crippen LogP contribution in [-0.2, 0) is 17.8 Å². The van der Waals surface area contributed by atoms with E-state index in [9.17, 15) is 9.90 Å². The summed E-state index contributed by atoms with van der Waals surface area (Å²) in [5.41, 5.74) is 4.34. The van der Waals surface area contributed by atoms with E-state index >= 15 is 0 Å². The van der Waals surface area contributed by atoms with Gasteiger partial charge in [0.2, 0.25) is 11.8 Å². The van der Waals surface area contributed by atoms with Gasteiger partial charge in [0.1, 0.15) is 16.5 Å². The molecule has 2 aromatic carbocycles. The first-order chi connectivity index (χ1) is 18.5. The molecule has 0 bridgehead atoms. The summed E-state index contributed by atoms with van der Waals surface area (Å²) in [6, 6.07) is 14.6. The Morgan fingerprint density at radius 1 is 1.08 bits per heavy atom. The maximum atomic E-state index is 12.8. The highest BCUT2D eigenvalue weighted by Gasteiger charge is 2.28. The standard InChI is InChI=1S/C28H26N4O5S/c1-16-25-21(17(14-33)13-29-16)12-22-27(37-25)31-26(20-6-4-5-7-23(20)36-3)32-28(22)38-15-24(34)30-18-8-10-19(35-2)11-9-18/h4-11,13,33H,12,14-15H2,1-3H3,(H,30,34). The molecule has 4 aromatic rings. The van der Waals surface area contributed by atoms with Gasteiger partial charge >= 0.3 is 0 Å². The van der Waals surface area contributed by atoms with Crippen LogP contribution in [0.4, 0.5) is 5.69 Å². The number of fused-ring (bicyclic) bond motifs is 2. The van der Waals surface area contributed by atoms with Crippen LogP contribution >= 0.6 is 11.8 Å². The zero-order valence-electron chi connectivity index (χ0n) is 21.1. The molecule has 38 heavy (non-hydrogen) atoms. The predicted octanol–water partition coefficient (Wildman–Crippen LogP) is 4.78. The Bertz CT molecular complexity index is 1490. The summed E-state index contributed by atoms with van der Waals surface area (Å²) in [6.45, 7) is 1.69. The number of aliphatic hydroxyl groups is 1. The summed E-state index contributed by atoms with van der Waals surface area (Å²) in [6.07, 6.45) is 2.10. The van der Waals surface area contributed by atoms with Gasteiger partial charge in [0, 0.05) is 29.4 Å². The number of aromatic nitrogens is 3. The summed E-state index contributed by atoms with van der Waals surface area (Å²) in [4.78, 5) is 26.7. The summed E-state index contributed by atoms with van der Waals surface area (Å²) in [5, 5.41) is 13.4. The van der Waals surface area contributed by atoms with Gasteiger partial charge in [-0.15, -0.1) is 0 Å². The summed E-state index contributed by atoms with van der Waals surface area (Å²) < 4.78 is 17.0. The topological polar surface area (TPSA) is 116 Å². The molecule has 194 valence electrons. The number of carbonyl (C=O) groups excluding carboxylic acids is 1. The van der Waals surface area contributed by atoms with E-state index in [1.807, 2.05) is 31.2 Å². The van der Waals surface area contributed by atoms with Crippen LogP contribution in [0.15, 0.2) is 59.8 Å². The van der Waals surface area contributed by atoms with Crippen LogP contribution in [0.1, 0.15) is 22.4 Å². The monoisotopic (exact) mass is 530 g/mol. The van der Waals surface area contributed by atoms with E-state index in [1.54, 1.807) is 44.7 Å². The molecule has 1 amide bonds. The quantitative estimate of drug-likeness (QED) is 0.216. The van der Waals surface area contributed by atoms with Crippen molar-refractivity contribution in [1.29, 1.82) is 0 Å². The summed E-state index contributed by atoms with van der Waals surface area (Å²) >= 11 is 1.30. The average Bonchev–Trinajstić information content (AvgIpc) is 2.95. The third kappa shape index (κ3) is 5.13. The molecule has 2 N–H and O–H groups in total. The van der Waals surface area contributed by atoms with Crippen LogP contribution in [0.3, 0.4) is 0 Å². The highest BCUT2D eigenvalue weighted by molar-refractivity contribution is 8.00. The smallest absolute Gasteiger partial charge is 0.234 e. The molecular weight excluding hydrogens is 504 g/mol. The lowest BCUT2D eigenvalue weighted by Crippen LogP contribution is -2.16. The van der Waals surface area contributed by atoms with Gasteiger partial charge in [0.25, 0.3) is 0 Å². The molecule has 2 aromatic heterocycles. The van der Waals surface area contributed by atoms with Gasteiger partial charge in [-0.05, 0) is 43.3 Å². The highest BCUT2D eigenvalue weighted by Crippen LogP contribution is 2.43. The van der Waals surface area contributed by atoms with Gasteiger partial charge in [0.15, 0.2) is 11.6 Å². The summed E-state index contributed by atoms with van der Waals surface area (Å²) in [7, 11) is 3.18. The first kappa shape index (κ1) is 25.5. The van der Waals surface area contributed by atoms with Crippen molar-refractivity contribution >= 4 is 23.4 Å². The van der Waals surface area contributed by atoms with Gasteiger partial charge in [-0.25, -0.2) is 4.98 Å². The van der Waals surface area contributed by atoms with Crippen LogP contribution in [0.5, 0.6) is 23.1 Å². The minimum absolute atomic E-state index is 0.121. The third-order valence-corrected chi connectivity index (χ3v) is 7.14. The molecule has 0 fully saturated rings. The number of hydrogen-bond acceptors (Lipinski definition) is 9. The van der Waals surface area contributed by atoms with E-state index in [2.05, 4.69) is 10.3 Å². The number of methoxy groups -OCH3 is 2. The van der Waals surface area contributed by atoms with Gasteiger partial charge in [0.05, 0.1) is 43.4 Å². The fourth-order valence-electron chi connectivity index (χ4n) is 4.17. The molecule has 3 heterocycles. The number of nitrogens with one attached hydrogen (secondary N) is 1. The number of nitrogens with zero attached hydrogens (tertiary/aromatic N) is 3. The third-order valence-electron chi connectivity index (χ3n) is 6.12. The normalized spacial score (nSPS) is 11.7. The number of benzene rings is 2. The number of hydrogen-bond donors (Lipinski definition) is 2. The van der Waals surface area contributed by atoms with Crippen molar-refractivity contribution in [3.05, 3.63) is 77.1 Å². The van der Waals surface area contributed by atoms with E-state index in [-0.39, 0.29) is 18.3 Å². The van der Waals surface area contributed by atoms with Crippen molar-refractivity contribution in [2.24, 2.45) is 0 Å². The Morgan fingerprint density at radius 2 is 1.87 bits per heavy atom. The molecule has 0 spiro atoms. The molecule has 0 saturated carbocycles. The Hall–Kier alpha value is -4.15. The number of aliphatic hydroxyl groups excluding tert-OH is 1. The predicted molar refractivity (Wildman–Crippen MR) is 144 cm³/mol. The van der Waals surface area contributed by atoms with E-state index < -0.39 is 0 Å². The fourth-order valence-corrected chi connectivity index (χ4v) is 4.99. The minimum Gasteiger partial charge on any atom is -0.497 e. The van der Waals surface area contributed by atoms with Crippen LogP contribution < -0.4 is 19.5 Å². The van der Waals surface area contributed by atoms with E-state index in [0.717, 1.165) is 11.1 Å². The van der Waals surface area contributed by atoms with Crippen molar-refractivity contribution in [2.45, 2.75) is 25.0 Å². The lowest BCUT2D eigenvalue weighted by atomic mass is 9.99. The molecule has 1 aliphatic rings. The van der Waals surface area contributed by atoms with Crippen molar-refractivity contribution in [2.75, 3.05) is 25.3 Å². The van der Waals surface area contributed by atoms with Crippen molar-refractivity contribution < 1.29 is 24.1 Å². The largest absolute Gasteiger partial charge is 0.497 e. The number of pyridine rings is 1. The second-order valence-corrected chi connectivity index (χ2v) is 9.48. The first-order valence-corrected chi connectivity index (χ1v) is 12.9. The van der Waals surface area contributed by atoms with Crippen LogP contribution in [0.25, 0.3) is 11.4 Å². The Kier molecular flexibility index (Phi) is 7.43. The number of anilines is 1. The molecule has 0 saturated heterocycles. The number of thioether (sulfide) groups is 1. The molecular formula is C28H26N4O5S. The maximum Gasteiger partial charge on any atom is 0.234 e. The van der Waals surface area contributed by atoms with Gasteiger partial charge < -0.3 is 24.6 Å². The number of amides is 1. The Labute approximate surface area is 224 Å². The lowest BCUT2D eigenvalue weighted by Gasteiger charge is -2.24. The highest BCUT2D eigenvalue weighted by atomic mass is 32.2. The lowest BCUT2D eigenvalue weighted by molar-refractivity contribution is -0.113. The molecule has 9 nitrogen and oxygen atoms in total. The number of ether oxygens (including phenoxy) is 3. The Balaban J connectivity index is 1.49.